The highest BCUT2D eigenvalue weighted by Crippen LogP contribution is 2.29. The highest BCUT2D eigenvalue weighted by atomic mass is 16.3. The molecule has 6 heteroatoms. The normalized spacial score (nSPS) is 21.3. The van der Waals surface area contributed by atoms with Gasteiger partial charge in [-0.1, -0.05) is 0 Å². The van der Waals surface area contributed by atoms with Crippen LogP contribution in [0.25, 0.3) is 0 Å². The van der Waals surface area contributed by atoms with Crippen molar-refractivity contribution >= 4 is 11.6 Å². The van der Waals surface area contributed by atoms with Gasteiger partial charge in [0.15, 0.2) is 0 Å². The second-order valence-corrected chi connectivity index (χ2v) is 6.14. The first-order valence-corrected chi connectivity index (χ1v) is 7.92. The molecule has 2 fully saturated rings. The van der Waals surface area contributed by atoms with E-state index >= 15 is 0 Å². The Hall–Kier alpha value is -1.40. The number of aromatic nitrogens is 2. The van der Waals surface area contributed by atoms with Crippen LogP contribution < -0.4 is 10.2 Å². The summed E-state index contributed by atoms with van der Waals surface area (Å²) in [6.45, 7) is 7.15. The quantitative estimate of drug-likeness (QED) is 0.808. The molecule has 0 amide bonds. The van der Waals surface area contributed by atoms with Crippen LogP contribution in [0, 0.1) is 5.92 Å². The molecule has 1 aromatic rings. The first-order valence-electron chi connectivity index (χ1n) is 7.92. The summed E-state index contributed by atoms with van der Waals surface area (Å²) in [6, 6.07) is 2.29. The minimum absolute atomic E-state index is 0.225. The van der Waals surface area contributed by atoms with Gasteiger partial charge in [-0.15, -0.1) is 0 Å². The molecule has 1 aromatic heterocycles. The van der Waals surface area contributed by atoms with E-state index in [2.05, 4.69) is 32.0 Å². The summed E-state index contributed by atoms with van der Waals surface area (Å²) in [6.07, 6.45) is 4.33. The highest BCUT2D eigenvalue weighted by molar-refractivity contribution is 5.48. The molecule has 2 aliphatic rings. The van der Waals surface area contributed by atoms with Gasteiger partial charge in [0, 0.05) is 44.8 Å². The van der Waals surface area contributed by atoms with Crippen LogP contribution in [0.15, 0.2) is 12.4 Å². The van der Waals surface area contributed by atoms with E-state index < -0.39 is 0 Å². The zero-order chi connectivity index (χ0) is 14.7. The molecule has 1 saturated carbocycles. The summed E-state index contributed by atoms with van der Waals surface area (Å²) in [7, 11) is 0. The average Bonchev–Trinajstić information content (AvgIpc) is 3.37. The van der Waals surface area contributed by atoms with Gasteiger partial charge in [0.1, 0.15) is 18.0 Å². The third kappa shape index (κ3) is 3.83. The maximum absolute atomic E-state index is 9.23. The lowest BCUT2D eigenvalue weighted by molar-refractivity contribution is 0.128. The van der Waals surface area contributed by atoms with E-state index in [9.17, 15) is 5.11 Å². The zero-order valence-corrected chi connectivity index (χ0v) is 12.7. The topological polar surface area (TPSA) is 64.5 Å². The lowest BCUT2D eigenvalue weighted by Gasteiger charge is -2.38. The molecule has 6 nitrogen and oxygen atoms in total. The van der Waals surface area contributed by atoms with Gasteiger partial charge in [0.25, 0.3) is 0 Å². The van der Waals surface area contributed by atoms with Crippen molar-refractivity contribution in [2.45, 2.75) is 25.8 Å². The van der Waals surface area contributed by atoms with Crippen LogP contribution in [0.4, 0.5) is 11.6 Å². The molecule has 1 atom stereocenters. The molecule has 0 radical (unpaired) electrons. The molecule has 0 unspecified atom stereocenters. The van der Waals surface area contributed by atoms with E-state index in [1.807, 2.05) is 6.07 Å². The first kappa shape index (κ1) is 14.5. The Balaban J connectivity index is 1.55. The van der Waals surface area contributed by atoms with Crippen LogP contribution >= 0.6 is 0 Å². The summed E-state index contributed by atoms with van der Waals surface area (Å²) in [4.78, 5) is 13.3. The number of hydrogen-bond donors (Lipinski definition) is 2. The Morgan fingerprint density at radius 2 is 2.05 bits per heavy atom. The monoisotopic (exact) mass is 291 g/mol. The van der Waals surface area contributed by atoms with Crippen LogP contribution in [0.2, 0.25) is 0 Å². The Bertz CT molecular complexity index is 457. The molecule has 1 saturated heterocycles. The van der Waals surface area contributed by atoms with E-state index in [-0.39, 0.29) is 12.6 Å². The molecule has 3 rings (SSSR count). The summed E-state index contributed by atoms with van der Waals surface area (Å²) in [5.41, 5.74) is 0. The molecule has 1 aliphatic heterocycles. The maximum Gasteiger partial charge on any atom is 0.134 e. The Kier molecular flexibility index (Phi) is 4.55. The summed E-state index contributed by atoms with van der Waals surface area (Å²) in [5, 5.41) is 12.6. The minimum atomic E-state index is 0.225. The van der Waals surface area contributed by atoms with Crippen LogP contribution in [0.1, 0.15) is 19.8 Å². The molecule has 1 aliphatic carbocycles. The largest absolute Gasteiger partial charge is 0.395 e. The summed E-state index contributed by atoms with van der Waals surface area (Å²) >= 11 is 0. The van der Waals surface area contributed by atoms with E-state index in [4.69, 9.17) is 0 Å². The van der Waals surface area contributed by atoms with Gasteiger partial charge in [0.2, 0.25) is 0 Å². The zero-order valence-electron chi connectivity index (χ0n) is 12.7. The number of aliphatic hydroxyl groups excluding tert-OH is 1. The molecule has 116 valence electrons. The molecule has 2 heterocycles. The SMILES string of the molecule is C[C@@H](CO)N1CCN(c2cc(NCC3CC3)ncn2)CC1. The fourth-order valence-electron chi connectivity index (χ4n) is 2.69. The first-order chi connectivity index (χ1) is 10.3. The van der Waals surface area contributed by atoms with Gasteiger partial charge in [0.05, 0.1) is 6.61 Å². The number of nitrogens with zero attached hydrogens (tertiary/aromatic N) is 4. The second-order valence-electron chi connectivity index (χ2n) is 6.14. The standard InChI is InChI=1S/C15H25N5O/c1-12(10-21)19-4-6-20(7-5-19)15-8-14(17-11-18-15)16-9-13-2-3-13/h8,11-13,21H,2-7,9-10H2,1H3,(H,16,17,18)/t12-/m0/s1. The fourth-order valence-corrected chi connectivity index (χ4v) is 2.69. The number of piperazine rings is 1. The van der Waals surface area contributed by atoms with E-state index in [0.717, 1.165) is 50.3 Å². The number of anilines is 2. The van der Waals surface area contributed by atoms with Crippen molar-refractivity contribution in [2.75, 3.05) is 49.5 Å². The van der Waals surface area contributed by atoms with Gasteiger partial charge < -0.3 is 15.3 Å². The lowest BCUT2D eigenvalue weighted by Crippen LogP contribution is -2.50. The predicted octanol–water partition coefficient (Wildman–Crippen LogP) is 0.801. The summed E-state index contributed by atoms with van der Waals surface area (Å²) < 4.78 is 0. The summed E-state index contributed by atoms with van der Waals surface area (Å²) in [5.74, 6) is 2.77. The van der Waals surface area contributed by atoms with Crippen molar-refractivity contribution < 1.29 is 5.11 Å². The molecule has 0 spiro atoms. The molecule has 0 bridgehead atoms. The van der Waals surface area contributed by atoms with Crippen molar-refractivity contribution in [2.24, 2.45) is 5.92 Å². The Morgan fingerprint density at radius 3 is 2.71 bits per heavy atom. The van der Waals surface area contributed by atoms with Gasteiger partial charge in [-0.2, -0.15) is 0 Å². The van der Waals surface area contributed by atoms with Crippen molar-refractivity contribution in [1.29, 1.82) is 0 Å². The molecular formula is C15H25N5O. The van der Waals surface area contributed by atoms with E-state index in [0.29, 0.717) is 0 Å². The van der Waals surface area contributed by atoms with Gasteiger partial charge in [-0.25, -0.2) is 9.97 Å². The van der Waals surface area contributed by atoms with Crippen LogP contribution in [-0.2, 0) is 0 Å². The number of rotatable bonds is 6. The highest BCUT2D eigenvalue weighted by Gasteiger charge is 2.23. The van der Waals surface area contributed by atoms with Gasteiger partial charge >= 0.3 is 0 Å². The smallest absolute Gasteiger partial charge is 0.134 e. The van der Waals surface area contributed by atoms with Gasteiger partial charge in [-0.05, 0) is 25.7 Å². The Morgan fingerprint density at radius 1 is 1.29 bits per heavy atom. The molecule has 21 heavy (non-hydrogen) atoms. The van der Waals surface area contributed by atoms with Crippen LogP contribution in [0.5, 0.6) is 0 Å². The molecular weight excluding hydrogens is 266 g/mol. The minimum Gasteiger partial charge on any atom is -0.395 e. The Labute approximate surface area is 126 Å². The van der Waals surface area contributed by atoms with E-state index in [1.165, 1.54) is 12.8 Å². The van der Waals surface area contributed by atoms with E-state index in [1.54, 1.807) is 6.33 Å². The van der Waals surface area contributed by atoms with Crippen molar-refractivity contribution in [3.63, 3.8) is 0 Å². The fraction of sp³-hybridized carbons (Fsp3) is 0.733. The number of aliphatic hydroxyl groups is 1. The van der Waals surface area contributed by atoms with Gasteiger partial charge in [-0.3, -0.25) is 4.90 Å². The van der Waals surface area contributed by atoms with Crippen LogP contribution in [-0.4, -0.2) is 65.3 Å². The van der Waals surface area contributed by atoms with Crippen LogP contribution in [0.3, 0.4) is 0 Å². The number of nitrogens with one attached hydrogen (secondary N) is 1. The van der Waals surface area contributed by atoms with Crippen molar-refractivity contribution in [3.8, 4) is 0 Å². The third-order valence-corrected chi connectivity index (χ3v) is 4.45. The maximum atomic E-state index is 9.23. The van der Waals surface area contributed by atoms with Crippen molar-refractivity contribution in [3.05, 3.63) is 12.4 Å². The number of hydrogen-bond acceptors (Lipinski definition) is 6. The molecule has 0 aromatic carbocycles. The third-order valence-electron chi connectivity index (χ3n) is 4.45. The predicted molar refractivity (Wildman–Crippen MR) is 83.6 cm³/mol. The van der Waals surface area contributed by atoms with Crippen molar-refractivity contribution in [1.82, 2.24) is 14.9 Å². The average molecular weight is 291 g/mol. The lowest BCUT2D eigenvalue weighted by atomic mass is 10.2. The second kappa shape index (κ2) is 6.58. The molecule has 2 N–H and O–H groups in total.